The lowest BCUT2D eigenvalue weighted by molar-refractivity contribution is -0.142. The van der Waals surface area contributed by atoms with Gasteiger partial charge in [0.2, 0.25) is 0 Å². The first-order valence-electron chi connectivity index (χ1n) is 6.10. The fraction of sp³-hybridized carbons (Fsp3) is 0.214. The van der Waals surface area contributed by atoms with Gasteiger partial charge in [-0.15, -0.1) is 0 Å². The number of hydrogen-bond donors (Lipinski definition) is 0. The standard InChI is InChI=1S/C14H10Cl2F3NO2/c15-9-3-4-11(12(16)6-9)13(21)20(8-14(17,18)19)7-10-2-1-5-22-10/h1-6H,7-8H2. The molecule has 22 heavy (non-hydrogen) atoms. The maximum absolute atomic E-state index is 12.7. The number of nitrogens with zero attached hydrogens (tertiary/aromatic N) is 1. The van der Waals surface area contributed by atoms with Crippen LogP contribution in [0, 0.1) is 0 Å². The van der Waals surface area contributed by atoms with Crippen molar-refractivity contribution < 1.29 is 22.4 Å². The lowest BCUT2D eigenvalue weighted by atomic mass is 10.2. The minimum atomic E-state index is -4.54. The second kappa shape index (κ2) is 6.62. The van der Waals surface area contributed by atoms with E-state index < -0.39 is 18.6 Å². The van der Waals surface area contributed by atoms with Crippen LogP contribution in [0.1, 0.15) is 16.1 Å². The van der Waals surface area contributed by atoms with Gasteiger partial charge >= 0.3 is 6.18 Å². The second-order valence-corrected chi connectivity index (χ2v) is 5.32. The molecule has 2 aromatic rings. The van der Waals surface area contributed by atoms with Crippen LogP contribution in [-0.2, 0) is 6.54 Å². The molecule has 0 bridgehead atoms. The van der Waals surface area contributed by atoms with Gasteiger partial charge in [0.05, 0.1) is 23.4 Å². The Morgan fingerprint density at radius 3 is 2.50 bits per heavy atom. The number of alkyl halides is 3. The van der Waals surface area contributed by atoms with Gasteiger partial charge in [0.15, 0.2) is 0 Å². The van der Waals surface area contributed by atoms with Gasteiger partial charge in [0, 0.05) is 5.02 Å². The third-order valence-electron chi connectivity index (χ3n) is 2.75. The van der Waals surface area contributed by atoms with Crippen LogP contribution >= 0.6 is 23.2 Å². The van der Waals surface area contributed by atoms with E-state index in [-0.39, 0.29) is 27.9 Å². The molecule has 1 amide bonds. The summed E-state index contributed by atoms with van der Waals surface area (Å²) in [4.78, 5) is 13.0. The number of hydrogen-bond acceptors (Lipinski definition) is 2. The van der Waals surface area contributed by atoms with Gasteiger partial charge in [-0.25, -0.2) is 0 Å². The van der Waals surface area contributed by atoms with Gasteiger partial charge < -0.3 is 9.32 Å². The molecule has 0 aliphatic rings. The fourth-order valence-electron chi connectivity index (χ4n) is 1.84. The smallest absolute Gasteiger partial charge is 0.406 e. The minimum Gasteiger partial charge on any atom is -0.467 e. The minimum absolute atomic E-state index is 0.0101. The Hall–Kier alpha value is -1.66. The molecule has 0 aliphatic heterocycles. The van der Waals surface area contributed by atoms with Crippen molar-refractivity contribution in [1.82, 2.24) is 4.90 Å². The Labute approximate surface area is 134 Å². The van der Waals surface area contributed by atoms with E-state index in [4.69, 9.17) is 27.6 Å². The van der Waals surface area contributed by atoms with Crippen molar-refractivity contribution in [3.63, 3.8) is 0 Å². The van der Waals surface area contributed by atoms with Crippen LogP contribution in [0.3, 0.4) is 0 Å². The molecule has 0 atom stereocenters. The Bertz CT molecular complexity index is 657. The average molecular weight is 352 g/mol. The first-order valence-corrected chi connectivity index (χ1v) is 6.85. The van der Waals surface area contributed by atoms with Crippen LogP contribution < -0.4 is 0 Å². The van der Waals surface area contributed by atoms with Crippen LogP contribution in [-0.4, -0.2) is 23.5 Å². The topological polar surface area (TPSA) is 33.5 Å². The van der Waals surface area contributed by atoms with E-state index in [1.807, 2.05) is 0 Å². The zero-order chi connectivity index (χ0) is 16.3. The fourth-order valence-corrected chi connectivity index (χ4v) is 2.33. The number of rotatable bonds is 4. The molecule has 0 saturated carbocycles. The van der Waals surface area contributed by atoms with Crippen molar-refractivity contribution in [2.75, 3.05) is 6.54 Å². The zero-order valence-corrected chi connectivity index (χ0v) is 12.5. The third-order valence-corrected chi connectivity index (χ3v) is 3.29. The predicted octanol–water partition coefficient (Wildman–Crippen LogP) is 4.79. The molecule has 1 aromatic heterocycles. The van der Waals surface area contributed by atoms with Gasteiger partial charge in [-0.3, -0.25) is 4.79 Å². The zero-order valence-electron chi connectivity index (χ0n) is 11.0. The summed E-state index contributed by atoms with van der Waals surface area (Å²) in [5, 5.41) is 0.277. The van der Waals surface area contributed by atoms with Crippen LogP contribution in [0.2, 0.25) is 10.0 Å². The molecular formula is C14H10Cl2F3NO2. The number of carbonyl (C=O) groups is 1. The quantitative estimate of drug-likeness (QED) is 0.793. The first kappa shape index (κ1) is 16.7. The van der Waals surface area contributed by atoms with Crippen LogP contribution in [0.4, 0.5) is 13.2 Å². The molecule has 0 fully saturated rings. The summed E-state index contributed by atoms with van der Waals surface area (Å²) in [6, 6.07) is 6.99. The summed E-state index contributed by atoms with van der Waals surface area (Å²) >= 11 is 11.6. The predicted molar refractivity (Wildman–Crippen MR) is 76.0 cm³/mol. The monoisotopic (exact) mass is 351 g/mol. The summed E-state index contributed by atoms with van der Waals surface area (Å²) in [6.45, 7) is -1.73. The molecule has 0 radical (unpaired) electrons. The highest BCUT2D eigenvalue weighted by atomic mass is 35.5. The molecule has 8 heteroatoms. The largest absolute Gasteiger partial charge is 0.467 e. The van der Waals surface area contributed by atoms with Crippen LogP contribution in [0.5, 0.6) is 0 Å². The van der Waals surface area contributed by atoms with Crippen molar-refractivity contribution in [2.24, 2.45) is 0 Å². The Morgan fingerprint density at radius 1 is 1.23 bits per heavy atom. The highest BCUT2D eigenvalue weighted by Gasteiger charge is 2.34. The number of halogens is 5. The Morgan fingerprint density at radius 2 is 1.95 bits per heavy atom. The Balaban J connectivity index is 2.28. The summed E-state index contributed by atoms with van der Waals surface area (Å²) in [7, 11) is 0. The summed E-state index contributed by atoms with van der Waals surface area (Å²) < 4.78 is 43.1. The molecule has 1 aromatic carbocycles. The van der Waals surface area contributed by atoms with E-state index in [0.29, 0.717) is 4.90 Å². The van der Waals surface area contributed by atoms with Crippen LogP contribution in [0.25, 0.3) is 0 Å². The van der Waals surface area contributed by atoms with E-state index in [9.17, 15) is 18.0 Å². The number of furan rings is 1. The maximum Gasteiger partial charge on any atom is 0.406 e. The normalized spacial score (nSPS) is 11.5. The molecule has 0 spiro atoms. The van der Waals surface area contributed by atoms with Crippen molar-refractivity contribution in [3.8, 4) is 0 Å². The summed E-state index contributed by atoms with van der Waals surface area (Å²) in [5.41, 5.74) is -0.0538. The van der Waals surface area contributed by atoms with E-state index in [0.717, 1.165) is 0 Å². The highest BCUT2D eigenvalue weighted by molar-refractivity contribution is 6.36. The third kappa shape index (κ3) is 4.42. The second-order valence-electron chi connectivity index (χ2n) is 4.48. The van der Waals surface area contributed by atoms with Crippen molar-refractivity contribution >= 4 is 29.1 Å². The Kier molecular flexibility index (Phi) is 5.03. The SMILES string of the molecule is O=C(c1ccc(Cl)cc1Cl)N(Cc1ccco1)CC(F)(F)F. The van der Waals surface area contributed by atoms with E-state index in [2.05, 4.69) is 0 Å². The number of amides is 1. The van der Waals surface area contributed by atoms with Gasteiger partial charge in [-0.1, -0.05) is 23.2 Å². The first-order chi connectivity index (χ1) is 10.3. The van der Waals surface area contributed by atoms with E-state index in [1.54, 1.807) is 0 Å². The molecule has 3 nitrogen and oxygen atoms in total. The summed E-state index contributed by atoms with van der Waals surface area (Å²) in [6.07, 6.45) is -3.22. The highest BCUT2D eigenvalue weighted by Crippen LogP contribution is 2.25. The lowest BCUT2D eigenvalue weighted by Crippen LogP contribution is -2.38. The number of carbonyl (C=O) groups excluding carboxylic acids is 1. The van der Waals surface area contributed by atoms with E-state index >= 15 is 0 Å². The van der Waals surface area contributed by atoms with Crippen molar-refractivity contribution in [1.29, 1.82) is 0 Å². The molecule has 1 heterocycles. The maximum atomic E-state index is 12.7. The molecule has 0 N–H and O–H groups in total. The van der Waals surface area contributed by atoms with Crippen LogP contribution in [0.15, 0.2) is 41.0 Å². The average Bonchev–Trinajstić information content (AvgIpc) is 2.88. The van der Waals surface area contributed by atoms with Crippen molar-refractivity contribution in [2.45, 2.75) is 12.7 Å². The molecule has 0 aliphatic carbocycles. The van der Waals surface area contributed by atoms with Crippen molar-refractivity contribution in [3.05, 3.63) is 58.0 Å². The van der Waals surface area contributed by atoms with E-state index in [1.165, 1.54) is 36.6 Å². The molecular weight excluding hydrogens is 342 g/mol. The van der Waals surface area contributed by atoms with Gasteiger partial charge in [-0.05, 0) is 30.3 Å². The molecule has 0 saturated heterocycles. The van der Waals surface area contributed by atoms with Gasteiger partial charge in [-0.2, -0.15) is 13.2 Å². The lowest BCUT2D eigenvalue weighted by Gasteiger charge is -2.23. The van der Waals surface area contributed by atoms with Gasteiger partial charge in [0.25, 0.3) is 5.91 Å². The van der Waals surface area contributed by atoms with Gasteiger partial charge in [0.1, 0.15) is 12.3 Å². The number of benzene rings is 1. The molecule has 2 rings (SSSR count). The molecule has 118 valence electrons. The summed E-state index contributed by atoms with van der Waals surface area (Å²) in [5.74, 6) is -0.613. The molecule has 0 unspecified atom stereocenters.